The maximum Gasteiger partial charge on any atom is 0.329 e. The summed E-state index contributed by atoms with van der Waals surface area (Å²) in [5.74, 6) is -15.9. The van der Waals surface area contributed by atoms with Crippen molar-refractivity contribution < 1.29 is 177 Å². The average Bonchev–Trinajstić information content (AvgIpc) is 0.789. The second kappa shape index (κ2) is 60.9. The van der Waals surface area contributed by atoms with Crippen molar-refractivity contribution in [2.24, 2.45) is 5.73 Å². The van der Waals surface area contributed by atoms with Crippen molar-refractivity contribution in [1.82, 2.24) is 52.8 Å². The number of aromatic hydroxyl groups is 2. The molecule has 4 saturated heterocycles. The standard InChI is InChI=1S/C81H125N11O33.3C2H4O/c1-9-11-12-13-14-15-16-17-18-19-20-21-52(122-80-68(109)69(51(100)37-119-80)125-79-60(84-42(7)97)65(106)62(103)53(35-93)123-79)64(105)77(117)90-58(39(4)96)74(114)91-59-40(5)120-78(118)50(33-44-24-28-46(99)29-25-44)88-76(116)61(41(6)121-81-67(108)66(107)63(104)54(36-94)124-81)92(8)56(102)34-83-70(110)48(30-31-55(82)101)86-71(111)47(10-2)85-72(112)49(32-43-22-26-45(98)27-23-43)87-73(113)57(38(3)95)89-75(59)115;3*1-2-3/h10,22-29,38-41,48-54,57-69,79-81,93-96,98-100,103-109H,9,11-21,30-37H2,1-8H3,(H2,82,101)(H,83,110)(H,84,97)(H,85,112)(H,86,111)(H,87,113)(H,88,116)(H,89,115)(H,90,117)(H,91,114);3*2H,1H3/b47-10-;;;/t38-,39?,40+,41?,48+,49+,50-,51+,52?,53-,54-,57-,58?,59-,60-,61?,62-,63-,64?,65-,66+,67+,68-,69+,79+,80-,81+;;;/m0.../s1. The number of ether oxygens (including phenoxy) is 7. The van der Waals surface area contributed by atoms with Crippen molar-refractivity contribution >= 4 is 89.8 Å². The number of hydrogen-bond acceptors (Lipinski definition) is 36. The Morgan fingerprint density at radius 3 is 1.63 bits per heavy atom. The molecule has 0 saturated carbocycles. The van der Waals surface area contributed by atoms with Gasteiger partial charge in [0.25, 0.3) is 11.8 Å². The average molecular weight is 1910 g/mol. The van der Waals surface area contributed by atoms with Crippen molar-refractivity contribution in [2.45, 2.75) is 337 Å². The number of nitrogens with two attached hydrogens (primary N) is 1. The lowest BCUT2D eigenvalue weighted by atomic mass is 9.96. The number of esters is 1. The highest BCUT2D eigenvalue weighted by molar-refractivity contribution is 6.03. The van der Waals surface area contributed by atoms with E-state index < -0.39 is 294 Å². The van der Waals surface area contributed by atoms with Gasteiger partial charge in [0.05, 0.1) is 50.8 Å². The Morgan fingerprint density at radius 2 is 1.12 bits per heavy atom. The third-order valence-corrected chi connectivity index (χ3v) is 21.7. The molecule has 0 radical (unpaired) electrons. The Kier molecular flexibility index (Phi) is 53.6. The van der Waals surface area contributed by atoms with E-state index in [1.165, 1.54) is 76.2 Å². The lowest BCUT2D eigenvalue weighted by Gasteiger charge is -2.46. The van der Waals surface area contributed by atoms with E-state index in [2.05, 4.69) is 54.8 Å². The summed E-state index contributed by atoms with van der Waals surface area (Å²) in [4.78, 5) is 200. The first-order valence-corrected chi connectivity index (χ1v) is 44.2. The number of phenols is 2. The molecule has 4 heterocycles. The van der Waals surface area contributed by atoms with Gasteiger partial charge in [-0.2, -0.15) is 0 Å². The predicted molar refractivity (Wildman–Crippen MR) is 467 cm³/mol. The second-order valence-electron chi connectivity index (χ2n) is 32.3. The van der Waals surface area contributed by atoms with Gasteiger partial charge < -0.3 is 178 Å². The Morgan fingerprint density at radius 1 is 0.604 bits per heavy atom. The van der Waals surface area contributed by atoms with Crippen molar-refractivity contribution in [2.75, 3.05) is 33.4 Å². The molecule has 134 heavy (non-hydrogen) atoms. The van der Waals surface area contributed by atoms with Gasteiger partial charge in [-0.05, 0) is 104 Å². The van der Waals surface area contributed by atoms with Crippen molar-refractivity contribution in [3.8, 4) is 11.5 Å². The summed E-state index contributed by atoms with van der Waals surface area (Å²) in [6, 6.07) is -6.20. The second-order valence-corrected chi connectivity index (χ2v) is 32.3. The molecular formula is C87H137N11O36. The molecule has 0 spiro atoms. The zero-order valence-electron chi connectivity index (χ0n) is 76.9. The Balaban J connectivity index is 0.00000493. The summed E-state index contributed by atoms with van der Waals surface area (Å²) in [5, 5.41) is 174. The maximum absolute atomic E-state index is 15.4. The van der Waals surface area contributed by atoms with E-state index >= 15 is 19.2 Å². The van der Waals surface area contributed by atoms with E-state index in [1.807, 2.05) is 0 Å². The van der Waals surface area contributed by atoms with Crippen LogP contribution >= 0.6 is 0 Å². The van der Waals surface area contributed by atoms with Crippen LogP contribution in [0.3, 0.4) is 0 Å². The van der Waals surface area contributed by atoms with Crippen LogP contribution in [0.1, 0.15) is 170 Å². The number of hydrogen-bond donors (Lipinski definition) is 24. The molecule has 27 atom stereocenters. The molecule has 11 amide bonds. The highest BCUT2D eigenvalue weighted by Crippen LogP contribution is 2.31. The van der Waals surface area contributed by atoms with E-state index in [0.717, 1.165) is 118 Å². The number of rotatable bonds is 36. The number of nitrogens with one attached hydrogen (secondary N) is 9. The summed E-state index contributed by atoms with van der Waals surface area (Å²) in [6.07, 6.45) is -26.0. The van der Waals surface area contributed by atoms with Gasteiger partial charge in [0.1, 0.15) is 152 Å². The summed E-state index contributed by atoms with van der Waals surface area (Å²) in [7, 11) is 0.993. The first kappa shape index (κ1) is 118. The topological polar surface area (TPSA) is 741 Å². The molecule has 6 unspecified atom stereocenters. The molecule has 2 aromatic rings. The van der Waals surface area contributed by atoms with E-state index in [1.54, 1.807) is 0 Å². The highest BCUT2D eigenvalue weighted by atomic mass is 16.7. The fourth-order valence-corrected chi connectivity index (χ4v) is 14.4. The van der Waals surface area contributed by atoms with Gasteiger partial charge in [-0.25, -0.2) is 4.79 Å². The molecule has 47 heteroatoms. The maximum atomic E-state index is 15.4. The molecule has 4 fully saturated rings. The van der Waals surface area contributed by atoms with Crippen LogP contribution in [0.4, 0.5) is 0 Å². The van der Waals surface area contributed by atoms with Gasteiger partial charge in [-0.3, -0.25) is 52.7 Å². The zero-order chi connectivity index (χ0) is 101. The normalized spacial score (nSPS) is 28.7. The molecule has 2 aromatic carbocycles. The van der Waals surface area contributed by atoms with Crippen LogP contribution in [0.2, 0.25) is 0 Å². The van der Waals surface area contributed by atoms with Crippen LogP contribution in [0, 0.1) is 0 Å². The lowest BCUT2D eigenvalue weighted by Crippen LogP contribution is -2.67. The van der Waals surface area contributed by atoms with Crippen LogP contribution in [0.5, 0.6) is 11.5 Å². The SMILES string of the molecule is C/C=C1\NC(=O)[C@@H](Cc2ccc(O)cc2)NC(=O)[C@H]([C@H](C)O)NC(=O)[C@@H](NC(=O)C(NC(=O)C(O)C(CCCCCCCCCCCCC)O[C@@H]2OC[C@@H](O)[C@@H](O[C@H]3O[C@@H](CO)[C@H](O)[C@@H](O)[C@@H]3NC(C)=O)[C@@H]2O)C(C)O)[C@@H](C)OC(=O)[C@H](Cc2ccc(O)cc2)NC(=O)C(C(C)O[C@@H]2O[C@@H](CO)[C@H](O)[C@@H](O)[C@H]2O)N(C)C(=O)CNC(=O)[C@@H](CCC(N)=O)NC1=O.CC=O.CC=O.CC=O. The lowest BCUT2D eigenvalue weighted by molar-refractivity contribution is -0.339. The van der Waals surface area contributed by atoms with Gasteiger partial charge in [-0.1, -0.05) is 108 Å². The van der Waals surface area contributed by atoms with Crippen LogP contribution < -0.4 is 53.6 Å². The summed E-state index contributed by atoms with van der Waals surface area (Å²) < 4.78 is 41.0. The number of allylic oxidation sites excluding steroid dienone is 1. The zero-order valence-corrected chi connectivity index (χ0v) is 76.9. The van der Waals surface area contributed by atoms with Crippen molar-refractivity contribution in [3.63, 3.8) is 0 Å². The number of primary amides is 1. The minimum absolute atomic E-state index is 0.133. The van der Waals surface area contributed by atoms with Gasteiger partial charge >= 0.3 is 5.97 Å². The molecule has 756 valence electrons. The molecule has 0 bridgehead atoms. The predicted octanol–water partition coefficient (Wildman–Crippen LogP) is -6.60. The Labute approximate surface area is 775 Å². The minimum Gasteiger partial charge on any atom is -0.508 e. The number of carbonyl (C=O) groups is 15. The monoisotopic (exact) mass is 1910 g/mol. The number of nitrogens with zero attached hydrogens (tertiary/aromatic N) is 1. The fraction of sp³-hybridized carbons (Fsp3) is 0.667. The number of aldehydes is 3. The Bertz CT molecular complexity index is 4050. The molecule has 25 N–H and O–H groups in total. The first-order valence-electron chi connectivity index (χ1n) is 44.2. The van der Waals surface area contributed by atoms with E-state index in [9.17, 15) is 110 Å². The van der Waals surface area contributed by atoms with Gasteiger partial charge in [0, 0.05) is 33.2 Å². The summed E-state index contributed by atoms with van der Waals surface area (Å²) in [6.45, 7) is 9.25. The van der Waals surface area contributed by atoms with Crippen LogP contribution in [0.25, 0.3) is 0 Å². The number of cyclic esters (lactones) is 1. The molecule has 0 aromatic heterocycles. The highest BCUT2D eigenvalue weighted by Gasteiger charge is 2.52. The summed E-state index contributed by atoms with van der Waals surface area (Å²) in [5.41, 5.74) is 5.19. The molecular weight excluding hydrogens is 1770 g/mol. The number of unbranched alkanes of at least 4 members (excludes halogenated alkanes) is 10. The number of carbonyl (C=O) groups excluding carboxylic acids is 15. The smallest absolute Gasteiger partial charge is 0.329 e. The van der Waals surface area contributed by atoms with Crippen molar-refractivity contribution in [3.05, 3.63) is 71.4 Å². The Hall–Kier alpha value is -10.3. The third kappa shape index (κ3) is 38.1. The van der Waals surface area contributed by atoms with E-state index in [-0.39, 0.29) is 35.5 Å². The number of amides is 11. The third-order valence-electron chi connectivity index (χ3n) is 21.7. The molecule has 47 nitrogen and oxygen atoms in total. The van der Waals surface area contributed by atoms with Crippen LogP contribution in [-0.2, 0) is 118 Å². The van der Waals surface area contributed by atoms with Gasteiger partial charge in [-0.15, -0.1) is 0 Å². The first-order chi connectivity index (χ1) is 63.4. The van der Waals surface area contributed by atoms with E-state index in [4.69, 9.17) is 53.3 Å². The number of benzene rings is 2. The number of aliphatic hydroxyl groups is 12. The van der Waals surface area contributed by atoms with Gasteiger partial charge in [0.15, 0.2) is 25.0 Å². The number of aliphatic hydroxyl groups excluding tert-OH is 12. The largest absolute Gasteiger partial charge is 0.508 e. The molecule has 6 rings (SSSR count). The van der Waals surface area contributed by atoms with Gasteiger partial charge in [0.2, 0.25) is 53.2 Å². The van der Waals surface area contributed by atoms with Crippen LogP contribution in [-0.4, -0.2) is 364 Å². The number of phenolic OH excluding ortho intramolecular Hbond substituents is 2. The summed E-state index contributed by atoms with van der Waals surface area (Å²) >= 11 is 0. The van der Waals surface area contributed by atoms with Crippen molar-refractivity contribution in [1.29, 1.82) is 0 Å². The minimum atomic E-state index is -2.41. The molecule has 4 aliphatic rings. The fourth-order valence-electron chi connectivity index (χ4n) is 14.4. The molecule has 4 aliphatic heterocycles. The van der Waals surface area contributed by atoms with E-state index in [0.29, 0.717) is 17.7 Å². The molecule has 0 aliphatic carbocycles. The quantitative estimate of drug-likeness (QED) is 0.0131. The van der Waals surface area contributed by atoms with Crippen LogP contribution in [0.15, 0.2) is 60.3 Å². The number of likely N-dealkylation sites (N-methyl/N-ethyl adjacent to an activating group) is 1.